The quantitative estimate of drug-likeness (QED) is 0.320. The van der Waals surface area contributed by atoms with Crippen molar-refractivity contribution in [1.82, 2.24) is 0 Å². The second-order valence-corrected chi connectivity index (χ2v) is 1.50. The summed E-state index contributed by atoms with van der Waals surface area (Å²) in [6.07, 6.45) is 2.22. The van der Waals surface area contributed by atoms with E-state index in [1.807, 2.05) is 13.8 Å². The molecular formula is C5H9NO2. The van der Waals surface area contributed by atoms with E-state index in [4.69, 9.17) is 0 Å². The molecule has 0 atom stereocenters. The first-order valence-corrected chi connectivity index (χ1v) is 2.45. The van der Waals surface area contributed by atoms with E-state index >= 15 is 0 Å². The van der Waals surface area contributed by atoms with Crippen molar-refractivity contribution in [2.45, 2.75) is 20.3 Å². The third-order valence-electron chi connectivity index (χ3n) is 0.855. The smallest absolute Gasteiger partial charge is 0.160 e. The zero-order valence-electron chi connectivity index (χ0n) is 5.05. The summed E-state index contributed by atoms with van der Waals surface area (Å²) in [5.74, 6) is 0. The maximum Gasteiger partial charge on any atom is 0.160 e. The largest absolute Gasteiger partial charge is 0.332 e. The van der Waals surface area contributed by atoms with E-state index < -0.39 is 0 Å². The van der Waals surface area contributed by atoms with Gasteiger partial charge in [-0.15, -0.1) is 4.91 Å². The predicted octanol–water partition coefficient (Wildman–Crippen LogP) is 2.00. The number of hydrogen-bond acceptors (Lipinski definition) is 3. The van der Waals surface area contributed by atoms with E-state index in [-0.39, 0.29) is 0 Å². The summed E-state index contributed by atoms with van der Waals surface area (Å²) in [6, 6.07) is 0. The highest BCUT2D eigenvalue weighted by Crippen LogP contribution is 1.96. The van der Waals surface area contributed by atoms with Crippen molar-refractivity contribution in [3.8, 4) is 0 Å². The summed E-state index contributed by atoms with van der Waals surface area (Å²) in [4.78, 5) is 13.4. The molecule has 0 aliphatic heterocycles. The Kier molecular flexibility index (Phi) is 3.84. The lowest BCUT2D eigenvalue weighted by molar-refractivity contribution is 0.258. The molecule has 3 nitrogen and oxygen atoms in total. The van der Waals surface area contributed by atoms with E-state index in [2.05, 4.69) is 10.2 Å². The van der Waals surface area contributed by atoms with Gasteiger partial charge in [-0.3, -0.25) is 0 Å². The van der Waals surface area contributed by atoms with Crippen LogP contribution in [0.25, 0.3) is 0 Å². The van der Waals surface area contributed by atoms with Crippen LogP contribution in [0.2, 0.25) is 0 Å². The van der Waals surface area contributed by atoms with Gasteiger partial charge in [-0.2, -0.15) is 0 Å². The Morgan fingerprint density at radius 2 is 2.50 bits per heavy atom. The fourth-order valence-corrected chi connectivity index (χ4v) is 0.195. The molecule has 3 heteroatoms. The minimum atomic E-state index is 0.884. The third-order valence-corrected chi connectivity index (χ3v) is 0.855. The first kappa shape index (κ1) is 7.14. The van der Waals surface area contributed by atoms with E-state index in [1.165, 1.54) is 6.26 Å². The van der Waals surface area contributed by atoms with Crippen molar-refractivity contribution >= 4 is 0 Å². The summed E-state index contributed by atoms with van der Waals surface area (Å²) in [5.41, 5.74) is 1.00. The van der Waals surface area contributed by atoms with Crippen molar-refractivity contribution in [2.75, 3.05) is 0 Å². The summed E-state index contributed by atoms with van der Waals surface area (Å²) in [7, 11) is 0. The minimum absolute atomic E-state index is 0.884. The van der Waals surface area contributed by atoms with Crippen LogP contribution >= 0.6 is 0 Å². The van der Waals surface area contributed by atoms with Crippen molar-refractivity contribution < 1.29 is 4.84 Å². The van der Waals surface area contributed by atoms with Crippen LogP contribution in [-0.4, -0.2) is 0 Å². The highest BCUT2D eigenvalue weighted by molar-refractivity contribution is 4.90. The van der Waals surface area contributed by atoms with Gasteiger partial charge in [-0.1, -0.05) is 6.92 Å². The molecular weight excluding hydrogens is 106 g/mol. The monoisotopic (exact) mass is 115 g/mol. The van der Waals surface area contributed by atoms with E-state index in [9.17, 15) is 4.91 Å². The highest BCUT2D eigenvalue weighted by atomic mass is 16.7. The molecule has 0 unspecified atom stereocenters. The molecule has 0 aromatic heterocycles. The maximum atomic E-state index is 9.31. The molecule has 0 bridgehead atoms. The average molecular weight is 115 g/mol. The lowest BCUT2D eigenvalue weighted by atomic mass is 10.3. The van der Waals surface area contributed by atoms with Gasteiger partial charge >= 0.3 is 0 Å². The molecule has 0 saturated carbocycles. The second kappa shape index (κ2) is 4.30. The Balaban J connectivity index is 3.40. The van der Waals surface area contributed by atoms with Gasteiger partial charge in [0, 0.05) is 0 Å². The highest BCUT2D eigenvalue weighted by Gasteiger charge is 1.80. The van der Waals surface area contributed by atoms with Crippen molar-refractivity contribution in [2.24, 2.45) is 5.34 Å². The number of hydrogen-bond donors (Lipinski definition) is 0. The Labute approximate surface area is 48.3 Å². The molecule has 0 aromatic rings. The molecule has 0 fully saturated rings. The van der Waals surface area contributed by atoms with E-state index in [0.717, 1.165) is 12.0 Å². The van der Waals surface area contributed by atoms with E-state index in [0.29, 0.717) is 0 Å². The van der Waals surface area contributed by atoms with Crippen LogP contribution in [0, 0.1) is 4.91 Å². The number of allylic oxidation sites excluding steroid dienone is 1. The zero-order valence-corrected chi connectivity index (χ0v) is 5.05. The fraction of sp³-hybridized carbons (Fsp3) is 0.600. The standard InChI is InChI=1S/C5H9NO2/c1-3-5(2)4-8-6-7/h4H,3H2,1-2H3. The molecule has 8 heavy (non-hydrogen) atoms. The molecule has 0 N–H and O–H groups in total. The molecule has 46 valence electrons. The molecule has 0 saturated heterocycles. The van der Waals surface area contributed by atoms with Gasteiger partial charge in [0.1, 0.15) is 6.26 Å². The fourth-order valence-electron chi connectivity index (χ4n) is 0.195. The van der Waals surface area contributed by atoms with Gasteiger partial charge in [0.15, 0.2) is 5.34 Å². The first-order valence-electron chi connectivity index (χ1n) is 2.45. The van der Waals surface area contributed by atoms with Crippen LogP contribution < -0.4 is 0 Å². The summed E-state index contributed by atoms with van der Waals surface area (Å²) < 4.78 is 0. The molecule has 0 rings (SSSR count). The summed E-state index contributed by atoms with van der Waals surface area (Å²) in [5, 5.41) is 2.20. The molecule has 0 radical (unpaired) electrons. The average Bonchev–Trinajstić information content (AvgIpc) is 1.83. The Hall–Kier alpha value is -0.860. The molecule has 0 aliphatic rings. The lowest BCUT2D eigenvalue weighted by Gasteiger charge is -1.87. The summed E-state index contributed by atoms with van der Waals surface area (Å²) >= 11 is 0. The maximum absolute atomic E-state index is 9.31. The van der Waals surface area contributed by atoms with Crippen LogP contribution in [0.1, 0.15) is 20.3 Å². The molecule has 0 amide bonds. The SMILES string of the molecule is CCC(C)=CON=O. The topological polar surface area (TPSA) is 38.7 Å². The van der Waals surface area contributed by atoms with Crippen molar-refractivity contribution in [3.05, 3.63) is 16.7 Å². The van der Waals surface area contributed by atoms with Crippen LogP contribution in [0.4, 0.5) is 0 Å². The number of nitrogens with zero attached hydrogens (tertiary/aromatic N) is 1. The first-order chi connectivity index (χ1) is 3.81. The molecule has 0 heterocycles. The van der Waals surface area contributed by atoms with Gasteiger partial charge in [-0.25, -0.2) is 0 Å². The van der Waals surface area contributed by atoms with Crippen LogP contribution in [0.3, 0.4) is 0 Å². The Morgan fingerprint density at radius 1 is 1.88 bits per heavy atom. The van der Waals surface area contributed by atoms with Gasteiger partial charge in [0.05, 0.1) is 0 Å². The third kappa shape index (κ3) is 3.33. The molecule has 0 aromatic carbocycles. The molecule has 0 aliphatic carbocycles. The Morgan fingerprint density at radius 3 is 2.88 bits per heavy atom. The van der Waals surface area contributed by atoms with Gasteiger partial charge in [0.25, 0.3) is 0 Å². The second-order valence-electron chi connectivity index (χ2n) is 1.50. The Bertz CT molecular complexity index is 98.6. The van der Waals surface area contributed by atoms with Gasteiger partial charge in [-0.05, 0) is 18.9 Å². The molecule has 0 spiro atoms. The van der Waals surface area contributed by atoms with Gasteiger partial charge in [0.2, 0.25) is 0 Å². The van der Waals surface area contributed by atoms with Crippen LogP contribution in [0.15, 0.2) is 17.2 Å². The van der Waals surface area contributed by atoms with Crippen molar-refractivity contribution in [1.29, 1.82) is 0 Å². The lowest BCUT2D eigenvalue weighted by Crippen LogP contribution is -1.71. The van der Waals surface area contributed by atoms with Crippen LogP contribution in [-0.2, 0) is 4.84 Å². The number of rotatable bonds is 3. The summed E-state index contributed by atoms with van der Waals surface area (Å²) in [6.45, 7) is 3.84. The van der Waals surface area contributed by atoms with Crippen molar-refractivity contribution in [3.63, 3.8) is 0 Å². The van der Waals surface area contributed by atoms with Gasteiger partial charge < -0.3 is 4.84 Å². The normalized spacial score (nSPS) is 11.0. The van der Waals surface area contributed by atoms with E-state index in [1.54, 1.807) is 0 Å². The zero-order chi connectivity index (χ0) is 6.41. The van der Waals surface area contributed by atoms with Crippen LogP contribution in [0.5, 0.6) is 0 Å². The predicted molar refractivity (Wildman–Crippen MR) is 30.9 cm³/mol. The minimum Gasteiger partial charge on any atom is -0.332 e.